The molecule has 86 valence electrons. The van der Waals surface area contributed by atoms with Crippen LogP contribution in [0.15, 0.2) is 0 Å². The van der Waals surface area contributed by atoms with Gasteiger partial charge in [0.25, 0.3) is 0 Å². The molecule has 0 bridgehead atoms. The van der Waals surface area contributed by atoms with Gasteiger partial charge in [0.2, 0.25) is 5.91 Å². The average Bonchev–Trinajstić information content (AvgIpc) is 2.30. The van der Waals surface area contributed by atoms with Crippen LogP contribution < -0.4 is 5.32 Å². The largest absolute Gasteiger partial charge is 0.341 e. The Morgan fingerprint density at radius 1 is 1.13 bits per heavy atom. The smallest absolute Gasteiger partial charge is 0.242 e. The van der Waals surface area contributed by atoms with Gasteiger partial charge >= 0.3 is 0 Å². The molecule has 1 N–H and O–H groups in total. The number of nitrogens with one attached hydrogen (secondary N) is 1. The first-order chi connectivity index (χ1) is 7.22. The molecule has 1 unspecified atom stereocenters. The Morgan fingerprint density at radius 3 is 2.47 bits per heavy atom. The van der Waals surface area contributed by atoms with Gasteiger partial charge in [0.05, 0.1) is 5.54 Å². The molecular formula is C12H22N2O. The maximum absolute atomic E-state index is 12.3. The highest BCUT2D eigenvalue weighted by molar-refractivity contribution is 5.86. The molecule has 2 heterocycles. The van der Waals surface area contributed by atoms with E-state index in [-0.39, 0.29) is 5.54 Å². The number of rotatable bonds is 1. The topological polar surface area (TPSA) is 32.3 Å². The summed E-state index contributed by atoms with van der Waals surface area (Å²) in [5.74, 6) is 0.335. The zero-order valence-corrected chi connectivity index (χ0v) is 9.72. The number of carbonyl (C=O) groups is 1. The zero-order valence-electron chi connectivity index (χ0n) is 9.72. The van der Waals surface area contributed by atoms with Crippen LogP contribution in [0.25, 0.3) is 0 Å². The summed E-state index contributed by atoms with van der Waals surface area (Å²) in [5, 5.41) is 3.40. The van der Waals surface area contributed by atoms with Crippen LogP contribution in [0.2, 0.25) is 0 Å². The minimum Gasteiger partial charge on any atom is -0.341 e. The molecule has 0 spiro atoms. The SMILES string of the molecule is CC1(C(=O)N2CCCCC2)CCCCN1. The summed E-state index contributed by atoms with van der Waals surface area (Å²) in [5.41, 5.74) is -0.268. The van der Waals surface area contributed by atoms with Crippen LogP contribution in [-0.2, 0) is 4.79 Å². The lowest BCUT2D eigenvalue weighted by molar-refractivity contribution is -0.139. The second-order valence-electron chi connectivity index (χ2n) is 5.07. The molecule has 2 saturated heterocycles. The first-order valence-electron chi connectivity index (χ1n) is 6.27. The van der Waals surface area contributed by atoms with Crippen LogP contribution in [0.1, 0.15) is 45.4 Å². The first kappa shape index (κ1) is 10.9. The minimum absolute atomic E-state index is 0.268. The van der Waals surface area contributed by atoms with Gasteiger partial charge in [-0.25, -0.2) is 0 Å². The van der Waals surface area contributed by atoms with Crippen molar-refractivity contribution in [2.45, 2.75) is 51.0 Å². The summed E-state index contributed by atoms with van der Waals surface area (Å²) in [7, 11) is 0. The van der Waals surface area contributed by atoms with Crippen molar-refractivity contribution in [1.29, 1.82) is 0 Å². The molecule has 15 heavy (non-hydrogen) atoms. The van der Waals surface area contributed by atoms with E-state index in [0.717, 1.165) is 26.1 Å². The second-order valence-corrected chi connectivity index (χ2v) is 5.07. The van der Waals surface area contributed by atoms with Crippen LogP contribution in [0.3, 0.4) is 0 Å². The molecule has 1 amide bonds. The number of carbonyl (C=O) groups excluding carboxylic acids is 1. The number of likely N-dealkylation sites (tertiary alicyclic amines) is 1. The summed E-state index contributed by atoms with van der Waals surface area (Å²) >= 11 is 0. The third kappa shape index (κ3) is 2.33. The van der Waals surface area contributed by atoms with Crippen LogP contribution in [0.5, 0.6) is 0 Å². The monoisotopic (exact) mass is 210 g/mol. The predicted molar refractivity (Wildman–Crippen MR) is 60.7 cm³/mol. The minimum atomic E-state index is -0.268. The van der Waals surface area contributed by atoms with Gasteiger partial charge in [-0.15, -0.1) is 0 Å². The van der Waals surface area contributed by atoms with Gasteiger partial charge in [0.1, 0.15) is 0 Å². The predicted octanol–water partition coefficient (Wildman–Crippen LogP) is 1.53. The summed E-state index contributed by atoms with van der Waals surface area (Å²) in [6.07, 6.45) is 7.05. The number of nitrogens with zero attached hydrogens (tertiary/aromatic N) is 1. The molecule has 0 aliphatic carbocycles. The van der Waals surface area contributed by atoms with E-state index in [1.807, 2.05) is 0 Å². The molecule has 3 heteroatoms. The van der Waals surface area contributed by atoms with Crippen molar-refractivity contribution in [3.63, 3.8) is 0 Å². The van der Waals surface area contributed by atoms with E-state index < -0.39 is 0 Å². The average molecular weight is 210 g/mol. The molecule has 0 aromatic rings. The standard InChI is InChI=1S/C12H22N2O/c1-12(7-3-4-8-13-12)11(15)14-9-5-2-6-10-14/h13H,2-10H2,1H3. The Labute approximate surface area is 92.2 Å². The molecule has 3 nitrogen and oxygen atoms in total. The van der Waals surface area contributed by atoms with E-state index in [4.69, 9.17) is 0 Å². The molecule has 1 atom stereocenters. The molecule has 0 aromatic heterocycles. The summed E-state index contributed by atoms with van der Waals surface area (Å²) in [6, 6.07) is 0. The maximum atomic E-state index is 12.3. The van der Waals surface area contributed by atoms with Gasteiger partial charge in [-0.2, -0.15) is 0 Å². The van der Waals surface area contributed by atoms with Gasteiger partial charge in [0.15, 0.2) is 0 Å². The number of amides is 1. The van der Waals surface area contributed by atoms with E-state index in [0.29, 0.717) is 5.91 Å². The van der Waals surface area contributed by atoms with Gasteiger partial charge < -0.3 is 10.2 Å². The molecule has 0 radical (unpaired) electrons. The highest BCUT2D eigenvalue weighted by atomic mass is 16.2. The molecule has 2 fully saturated rings. The first-order valence-corrected chi connectivity index (χ1v) is 6.27. The lowest BCUT2D eigenvalue weighted by atomic mass is 9.89. The Balaban J connectivity index is 1.98. The maximum Gasteiger partial charge on any atom is 0.242 e. The molecule has 2 rings (SSSR count). The Morgan fingerprint density at radius 2 is 1.87 bits per heavy atom. The summed E-state index contributed by atoms with van der Waals surface area (Å²) < 4.78 is 0. The van der Waals surface area contributed by atoms with E-state index in [9.17, 15) is 4.79 Å². The van der Waals surface area contributed by atoms with Gasteiger partial charge in [0, 0.05) is 13.1 Å². The second kappa shape index (κ2) is 4.52. The van der Waals surface area contributed by atoms with E-state index in [1.54, 1.807) is 0 Å². The van der Waals surface area contributed by atoms with E-state index in [1.165, 1.54) is 32.1 Å². The highest BCUT2D eigenvalue weighted by Crippen LogP contribution is 2.23. The normalized spacial score (nSPS) is 32.7. The number of piperidine rings is 2. The number of hydrogen-bond acceptors (Lipinski definition) is 2. The van der Waals surface area contributed by atoms with Crippen LogP contribution in [0, 0.1) is 0 Å². The molecular weight excluding hydrogens is 188 g/mol. The van der Waals surface area contributed by atoms with Crippen molar-refractivity contribution in [1.82, 2.24) is 10.2 Å². The third-order valence-electron chi connectivity index (χ3n) is 3.73. The van der Waals surface area contributed by atoms with Gasteiger partial charge in [-0.1, -0.05) is 0 Å². The zero-order chi connectivity index (χ0) is 10.7. The fourth-order valence-electron chi connectivity index (χ4n) is 2.68. The summed E-state index contributed by atoms with van der Waals surface area (Å²) in [6.45, 7) is 5.01. The van der Waals surface area contributed by atoms with E-state index >= 15 is 0 Å². The lowest BCUT2D eigenvalue weighted by Crippen LogP contribution is -2.58. The van der Waals surface area contributed by atoms with Crippen LogP contribution >= 0.6 is 0 Å². The van der Waals surface area contributed by atoms with Crippen molar-refractivity contribution in [2.24, 2.45) is 0 Å². The van der Waals surface area contributed by atoms with Crippen molar-refractivity contribution < 1.29 is 4.79 Å². The van der Waals surface area contributed by atoms with Crippen molar-refractivity contribution in [2.75, 3.05) is 19.6 Å². The highest BCUT2D eigenvalue weighted by Gasteiger charge is 2.37. The fourth-order valence-corrected chi connectivity index (χ4v) is 2.68. The Bertz CT molecular complexity index is 228. The van der Waals surface area contributed by atoms with Crippen LogP contribution in [-0.4, -0.2) is 36.0 Å². The van der Waals surface area contributed by atoms with Gasteiger partial charge in [-0.05, 0) is 52.0 Å². The molecule has 2 aliphatic rings. The molecule has 0 saturated carbocycles. The van der Waals surface area contributed by atoms with Crippen molar-refractivity contribution in [3.8, 4) is 0 Å². The lowest BCUT2D eigenvalue weighted by Gasteiger charge is -2.39. The fraction of sp³-hybridized carbons (Fsp3) is 0.917. The van der Waals surface area contributed by atoms with Crippen molar-refractivity contribution in [3.05, 3.63) is 0 Å². The Kier molecular flexibility index (Phi) is 3.29. The third-order valence-corrected chi connectivity index (χ3v) is 3.73. The quantitative estimate of drug-likeness (QED) is 0.712. The van der Waals surface area contributed by atoms with E-state index in [2.05, 4.69) is 17.1 Å². The molecule has 0 aromatic carbocycles. The van der Waals surface area contributed by atoms with Crippen molar-refractivity contribution >= 4 is 5.91 Å². The van der Waals surface area contributed by atoms with Crippen LogP contribution in [0.4, 0.5) is 0 Å². The summed E-state index contributed by atoms with van der Waals surface area (Å²) in [4.78, 5) is 14.4. The molecule has 2 aliphatic heterocycles. The Hall–Kier alpha value is -0.570. The van der Waals surface area contributed by atoms with Gasteiger partial charge in [-0.3, -0.25) is 4.79 Å². The number of hydrogen-bond donors (Lipinski definition) is 1.